The van der Waals surface area contributed by atoms with Crippen LogP contribution in [0.1, 0.15) is 29.5 Å². The van der Waals surface area contributed by atoms with E-state index in [9.17, 15) is 0 Å². The molecule has 0 spiro atoms. The molecule has 0 aliphatic carbocycles. The van der Waals surface area contributed by atoms with Crippen LogP contribution in [0.25, 0.3) is 0 Å². The molecule has 0 saturated carbocycles. The Balaban J connectivity index is 2.07. The number of benzene rings is 2. The van der Waals surface area contributed by atoms with Gasteiger partial charge in [-0.3, -0.25) is 0 Å². The molecule has 3 rings (SSSR count). The van der Waals surface area contributed by atoms with Gasteiger partial charge in [0.2, 0.25) is 0 Å². The van der Waals surface area contributed by atoms with E-state index in [1.54, 1.807) is 0 Å². The fraction of sp³-hybridized carbons (Fsp3) is 0.211. The molecular weight excluding hydrogens is 270 g/mol. The third-order valence-electron chi connectivity index (χ3n) is 4.07. The maximum atomic E-state index is 5.90. The Hall–Kier alpha value is -2.39. The molecule has 0 radical (unpaired) electrons. The van der Waals surface area contributed by atoms with E-state index in [-0.39, 0.29) is 12.0 Å². The standard InChI is InChI=1S/C19H21N3/c20-12-11-18(22-14-13-21-15-22)19(16-7-3-1-4-8-16)17-9-5-2-6-10-17/h1-10,13-15,18-19H,11-12,20H2. The van der Waals surface area contributed by atoms with Crippen molar-refractivity contribution in [3.63, 3.8) is 0 Å². The fourth-order valence-corrected chi connectivity index (χ4v) is 3.08. The molecule has 1 aromatic heterocycles. The van der Waals surface area contributed by atoms with Crippen molar-refractivity contribution in [2.24, 2.45) is 5.73 Å². The van der Waals surface area contributed by atoms with E-state index in [0.717, 1.165) is 6.42 Å². The summed E-state index contributed by atoms with van der Waals surface area (Å²) in [5.41, 5.74) is 8.51. The Morgan fingerprint density at radius 3 is 1.95 bits per heavy atom. The lowest BCUT2D eigenvalue weighted by atomic mass is 9.83. The summed E-state index contributed by atoms with van der Waals surface area (Å²) in [7, 11) is 0. The van der Waals surface area contributed by atoms with Gasteiger partial charge in [-0.25, -0.2) is 4.98 Å². The summed E-state index contributed by atoms with van der Waals surface area (Å²) in [6.07, 6.45) is 6.65. The van der Waals surface area contributed by atoms with Gasteiger partial charge >= 0.3 is 0 Å². The van der Waals surface area contributed by atoms with Gasteiger partial charge in [0.15, 0.2) is 0 Å². The van der Waals surface area contributed by atoms with Crippen LogP contribution in [0, 0.1) is 0 Å². The number of imidazole rings is 1. The molecule has 0 aliphatic heterocycles. The van der Waals surface area contributed by atoms with E-state index in [1.165, 1.54) is 11.1 Å². The molecule has 0 fully saturated rings. The van der Waals surface area contributed by atoms with Crippen LogP contribution >= 0.6 is 0 Å². The molecule has 0 aliphatic rings. The maximum Gasteiger partial charge on any atom is 0.0948 e. The lowest BCUT2D eigenvalue weighted by Gasteiger charge is -2.29. The second kappa shape index (κ2) is 7.05. The van der Waals surface area contributed by atoms with Gasteiger partial charge in [-0.15, -0.1) is 0 Å². The van der Waals surface area contributed by atoms with E-state index >= 15 is 0 Å². The third-order valence-corrected chi connectivity index (χ3v) is 4.07. The van der Waals surface area contributed by atoms with E-state index in [1.807, 2.05) is 18.7 Å². The lowest BCUT2D eigenvalue weighted by molar-refractivity contribution is 0.425. The van der Waals surface area contributed by atoms with E-state index in [4.69, 9.17) is 5.73 Å². The van der Waals surface area contributed by atoms with Crippen molar-refractivity contribution in [1.82, 2.24) is 9.55 Å². The molecule has 3 aromatic rings. The molecule has 112 valence electrons. The first-order chi connectivity index (χ1) is 10.9. The number of rotatable bonds is 6. The highest BCUT2D eigenvalue weighted by atomic mass is 15.1. The summed E-state index contributed by atoms with van der Waals surface area (Å²) in [4.78, 5) is 4.22. The van der Waals surface area contributed by atoms with Gasteiger partial charge in [-0.05, 0) is 24.1 Å². The zero-order chi connectivity index (χ0) is 15.2. The number of hydrogen-bond acceptors (Lipinski definition) is 2. The quantitative estimate of drug-likeness (QED) is 0.754. The predicted molar refractivity (Wildman–Crippen MR) is 89.7 cm³/mol. The molecule has 0 saturated heterocycles. The molecule has 0 amide bonds. The summed E-state index contributed by atoms with van der Waals surface area (Å²) in [6, 6.07) is 21.5. The Bertz CT molecular complexity index is 623. The highest BCUT2D eigenvalue weighted by Gasteiger charge is 2.25. The van der Waals surface area contributed by atoms with Crippen LogP contribution in [0.4, 0.5) is 0 Å². The zero-order valence-corrected chi connectivity index (χ0v) is 12.5. The van der Waals surface area contributed by atoms with Crippen LogP contribution in [0.5, 0.6) is 0 Å². The first kappa shape index (κ1) is 14.5. The zero-order valence-electron chi connectivity index (χ0n) is 12.5. The molecule has 0 bridgehead atoms. The minimum Gasteiger partial charge on any atom is -0.333 e. The van der Waals surface area contributed by atoms with E-state index in [2.05, 4.69) is 70.2 Å². The number of nitrogens with zero attached hydrogens (tertiary/aromatic N) is 2. The largest absolute Gasteiger partial charge is 0.333 e. The topological polar surface area (TPSA) is 43.8 Å². The third kappa shape index (κ3) is 3.10. The normalized spacial score (nSPS) is 12.5. The van der Waals surface area contributed by atoms with Crippen molar-refractivity contribution in [3.8, 4) is 0 Å². The van der Waals surface area contributed by atoms with Gasteiger partial charge in [-0.2, -0.15) is 0 Å². The number of nitrogens with two attached hydrogens (primary N) is 1. The van der Waals surface area contributed by atoms with Gasteiger partial charge < -0.3 is 10.3 Å². The van der Waals surface area contributed by atoms with Crippen LogP contribution in [-0.2, 0) is 0 Å². The highest BCUT2D eigenvalue weighted by molar-refractivity contribution is 5.34. The second-order valence-electron chi connectivity index (χ2n) is 5.45. The van der Waals surface area contributed by atoms with Crippen LogP contribution in [-0.4, -0.2) is 16.1 Å². The molecule has 22 heavy (non-hydrogen) atoms. The average molecular weight is 291 g/mol. The van der Waals surface area contributed by atoms with Gasteiger partial charge in [0.05, 0.1) is 6.33 Å². The van der Waals surface area contributed by atoms with Crippen LogP contribution in [0.15, 0.2) is 79.4 Å². The number of hydrogen-bond donors (Lipinski definition) is 1. The monoisotopic (exact) mass is 291 g/mol. The SMILES string of the molecule is NCCC(C(c1ccccc1)c1ccccc1)n1ccnc1. The molecule has 1 atom stereocenters. The predicted octanol–water partition coefficient (Wildman–Crippen LogP) is 3.61. The molecule has 3 heteroatoms. The summed E-state index contributed by atoms with van der Waals surface area (Å²) in [5.74, 6) is 0.264. The number of aromatic nitrogens is 2. The van der Waals surface area contributed by atoms with E-state index in [0.29, 0.717) is 6.54 Å². The minimum absolute atomic E-state index is 0.261. The van der Waals surface area contributed by atoms with Crippen LogP contribution < -0.4 is 5.73 Å². The summed E-state index contributed by atoms with van der Waals surface area (Å²) in [6.45, 7) is 0.652. The van der Waals surface area contributed by atoms with Crippen molar-refractivity contribution in [3.05, 3.63) is 90.5 Å². The molecule has 2 N–H and O–H groups in total. The van der Waals surface area contributed by atoms with Crippen molar-refractivity contribution < 1.29 is 0 Å². The fourth-order valence-electron chi connectivity index (χ4n) is 3.08. The smallest absolute Gasteiger partial charge is 0.0948 e. The van der Waals surface area contributed by atoms with Gasteiger partial charge in [-0.1, -0.05) is 60.7 Å². The maximum absolute atomic E-state index is 5.90. The van der Waals surface area contributed by atoms with Crippen molar-refractivity contribution in [1.29, 1.82) is 0 Å². The van der Waals surface area contributed by atoms with Gasteiger partial charge in [0, 0.05) is 24.4 Å². The lowest BCUT2D eigenvalue weighted by Crippen LogP contribution is -2.21. The second-order valence-corrected chi connectivity index (χ2v) is 5.45. The van der Waals surface area contributed by atoms with Crippen LogP contribution in [0.3, 0.4) is 0 Å². The average Bonchev–Trinajstić information content (AvgIpc) is 3.11. The Kier molecular flexibility index (Phi) is 4.66. The van der Waals surface area contributed by atoms with Gasteiger partial charge in [0.1, 0.15) is 0 Å². The molecule has 1 heterocycles. The van der Waals surface area contributed by atoms with Crippen molar-refractivity contribution in [2.75, 3.05) is 6.54 Å². The molecular formula is C19H21N3. The van der Waals surface area contributed by atoms with E-state index < -0.39 is 0 Å². The van der Waals surface area contributed by atoms with Crippen molar-refractivity contribution >= 4 is 0 Å². The molecule has 1 unspecified atom stereocenters. The molecule has 3 nitrogen and oxygen atoms in total. The van der Waals surface area contributed by atoms with Crippen molar-refractivity contribution in [2.45, 2.75) is 18.4 Å². The first-order valence-electron chi connectivity index (χ1n) is 7.67. The van der Waals surface area contributed by atoms with Gasteiger partial charge in [0.25, 0.3) is 0 Å². The molecule has 2 aromatic carbocycles. The Morgan fingerprint density at radius 1 is 0.909 bits per heavy atom. The van der Waals surface area contributed by atoms with Crippen LogP contribution in [0.2, 0.25) is 0 Å². The summed E-state index contributed by atoms with van der Waals surface area (Å²) in [5, 5.41) is 0. The summed E-state index contributed by atoms with van der Waals surface area (Å²) >= 11 is 0. The summed E-state index contributed by atoms with van der Waals surface area (Å²) < 4.78 is 2.18. The Morgan fingerprint density at radius 2 is 1.50 bits per heavy atom. The first-order valence-corrected chi connectivity index (χ1v) is 7.67. The highest BCUT2D eigenvalue weighted by Crippen LogP contribution is 2.36. The Labute approximate surface area is 131 Å². The minimum atomic E-state index is 0.261.